The Labute approximate surface area is 59.4 Å². The molecule has 0 aromatic rings. The number of cyclic esters (lactones) is 1. The molecule has 0 saturated carbocycles. The highest BCUT2D eigenvalue weighted by molar-refractivity contribution is 5.77. The summed E-state index contributed by atoms with van der Waals surface area (Å²) < 4.78 is 17.4. The van der Waals surface area contributed by atoms with Crippen LogP contribution in [0.15, 0.2) is 0 Å². The third-order valence-corrected chi connectivity index (χ3v) is 1.94. The predicted octanol–water partition coefficient (Wildman–Crippen LogP) is 1.30. The average molecular weight is 146 g/mol. The van der Waals surface area contributed by atoms with Gasteiger partial charge in [-0.3, -0.25) is 0 Å². The van der Waals surface area contributed by atoms with Gasteiger partial charge >= 0.3 is 5.97 Å². The number of hydrogen-bond acceptors (Lipinski definition) is 2. The second-order valence-electron chi connectivity index (χ2n) is 2.64. The number of halogens is 1. The summed E-state index contributed by atoms with van der Waals surface area (Å²) in [4.78, 5) is 10.6. The maximum absolute atomic E-state index is 12.7. The first-order valence-electron chi connectivity index (χ1n) is 3.51. The molecule has 0 N–H and O–H groups in total. The maximum atomic E-state index is 12.7. The minimum atomic E-state index is -1.40. The molecular formula is C7H11FO2. The van der Waals surface area contributed by atoms with Crippen molar-refractivity contribution in [1.82, 2.24) is 0 Å². The van der Waals surface area contributed by atoms with Crippen LogP contribution in [0.25, 0.3) is 0 Å². The molecule has 1 heterocycles. The van der Waals surface area contributed by atoms with E-state index < -0.39 is 12.1 Å². The van der Waals surface area contributed by atoms with Crippen molar-refractivity contribution >= 4 is 5.97 Å². The van der Waals surface area contributed by atoms with E-state index in [0.29, 0.717) is 6.42 Å². The van der Waals surface area contributed by atoms with E-state index >= 15 is 0 Å². The summed E-state index contributed by atoms with van der Waals surface area (Å²) in [6, 6.07) is 0. The van der Waals surface area contributed by atoms with Crippen LogP contribution in [0, 0.1) is 5.92 Å². The zero-order valence-electron chi connectivity index (χ0n) is 6.13. The molecule has 1 rings (SSSR count). The smallest absolute Gasteiger partial charge is 0.341 e. The van der Waals surface area contributed by atoms with Crippen LogP contribution in [-0.2, 0) is 9.53 Å². The molecule has 0 aromatic heterocycles. The van der Waals surface area contributed by atoms with E-state index in [1.807, 2.05) is 6.92 Å². The summed E-state index contributed by atoms with van der Waals surface area (Å²) in [6.45, 7) is 3.58. The van der Waals surface area contributed by atoms with Crippen LogP contribution < -0.4 is 0 Å². The Kier molecular flexibility index (Phi) is 1.92. The fourth-order valence-corrected chi connectivity index (χ4v) is 1.18. The van der Waals surface area contributed by atoms with Gasteiger partial charge in [0.1, 0.15) is 6.10 Å². The minimum Gasteiger partial charge on any atom is -0.460 e. The van der Waals surface area contributed by atoms with E-state index in [2.05, 4.69) is 0 Å². The van der Waals surface area contributed by atoms with Gasteiger partial charge in [0.05, 0.1) is 0 Å². The van der Waals surface area contributed by atoms with Crippen LogP contribution >= 0.6 is 0 Å². The number of hydrogen-bond donors (Lipinski definition) is 0. The van der Waals surface area contributed by atoms with Gasteiger partial charge in [0.2, 0.25) is 6.17 Å². The van der Waals surface area contributed by atoms with E-state index in [9.17, 15) is 9.18 Å². The largest absolute Gasteiger partial charge is 0.460 e. The van der Waals surface area contributed by atoms with Crippen molar-refractivity contribution in [2.45, 2.75) is 32.5 Å². The van der Waals surface area contributed by atoms with E-state index in [4.69, 9.17) is 4.74 Å². The van der Waals surface area contributed by atoms with Crippen LogP contribution in [0.3, 0.4) is 0 Å². The van der Waals surface area contributed by atoms with Gasteiger partial charge in [-0.15, -0.1) is 0 Å². The summed E-state index contributed by atoms with van der Waals surface area (Å²) in [6.07, 6.45) is -0.903. The first-order chi connectivity index (χ1) is 4.66. The number of rotatable bonds is 1. The van der Waals surface area contributed by atoms with Crippen LogP contribution in [0.1, 0.15) is 20.3 Å². The molecule has 0 aliphatic carbocycles. The van der Waals surface area contributed by atoms with Gasteiger partial charge in [0.25, 0.3) is 0 Å². The van der Waals surface area contributed by atoms with Crippen LogP contribution in [0.5, 0.6) is 0 Å². The van der Waals surface area contributed by atoms with E-state index in [-0.39, 0.29) is 12.0 Å². The molecule has 1 aliphatic heterocycles. The number of esters is 1. The first kappa shape index (κ1) is 7.51. The van der Waals surface area contributed by atoms with Gasteiger partial charge in [0, 0.05) is 5.92 Å². The minimum absolute atomic E-state index is 0.206. The summed E-state index contributed by atoms with van der Waals surface area (Å²) in [7, 11) is 0. The lowest BCUT2D eigenvalue weighted by molar-refractivity contribution is -0.145. The normalized spacial score (nSPS) is 39.9. The lowest BCUT2D eigenvalue weighted by atomic mass is 10.0. The molecule has 1 unspecified atom stereocenters. The molecule has 1 saturated heterocycles. The Hall–Kier alpha value is -0.600. The van der Waals surface area contributed by atoms with Crippen molar-refractivity contribution in [2.75, 3.05) is 0 Å². The van der Waals surface area contributed by atoms with Gasteiger partial charge in [-0.05, 0) is 6.42 Å². The number of alkyl halides is 1. The maximum Gasteiger partial charge on any atom is 0.341 e. The molecule has 58 valence electrons. The summed E-state index contributed by atoms with van der Waals surface area (Å²) in [5.41, 5.74) is 0. The molecule has 0 radical (unpaired) electrons. The molecule has 0 aromatic carbocycles. The molecule has 0 amide bonds. The first-order valence-corrected chi connectivity index (χ1v) is 3.51. The Morgan fingerprint density at radius 3 is 2.50 bits per heavy atom. The van der Waals surface area contributed by atoms with Crippen LogP contribution in [-0.4, -0.2) is 18.2 Å². The Morgan fingerprint density at radius 1 is 1.70 bits per heavy atom. The van der Waals surface area contributed by atoms with Crippen molar-refractivity contribution in [3.05, 3.63) is 0 Å². The molecule has 3 atom stereocenters. The third kappa shape index (κ3) is 1.00. The van der Waals surface area contributed by atoms with Gasteiger partial charge < -0.3 is 4.74 Å². The van der Waals surface area contributed by atoms with Gasteiger partial charge in [-0.2, -0.15) is 0 Å². The second-order valence-corrected chi connectivity index (χ2v) is 2.64. The third-order valence-electron chi connectivity index (χ3n) is 1.94. The Bertz CT molecular complexity index is 147. The SMILES string of the molecule is CC[C@H]1OC(=O)C(F)[C@H]1C. The van der Waals surface area contributed by atoms with Gasteiger partial charge in [-0.25, -0.2) is 9.18 Å². The summed E-state index contributed by atoms with van der Waals surface area (Å²) in [5.74, 6) is -0.961. The molecule has 0 spiro atoms. The highest BCUT2D eigenvalue weighted by Crippen LogP contribution is 2.26. The second kappa shape index (κ2) is 2.56. The van der Waals surface area contributed by atoms with E-state index in [0.717, 1.165) is 0 Å². The van der Waals surface area contributed by atoms with E-state index in [1.165, 1.54) is 0 Å². The monoisotopic (exact) mass is 146 g/mol. The van der Waals surface area contributed by atoms with Crippen molar-refractivity contribution in [3.8, 4) is 0 Å². The average Bonchev–Trinajstić information content (AvgIpc) is 2.17. The topological polar surface area (TPSA) is 26.3 Å². The molecule has 1 fully saturated rings. The standard InChI is InChI=1S/C7H11FO2/c1-3-5-4(2)6(8)7(9)10-5/h4-6H,3H2,1-2H3/t4-,5+,6?/m0/s1. The molecule has 10 heavy (non-hydrogen) atoms. The molecule has 2 nitrogen and oxygen atoms in total. The highest BCUT2D eigenvalue weighted by Gasteiger charge is 2.40. The number of carbonyl (C=O) groups is 1. The number of carbonyl (C=O) groups excluding carboxylic acids is 1. The van der Waals surface area contributed by atoms with Crippen LogP contribution in [0.4, 0.5) is 4.39 Å². The van der Waals surface area contributed by atoms with Gasteiger partial charge in [-0.1, -0.05) is 13.8 Å². The summed E-state index contributed by atoms with van der Waals surface area (Å²) >= 11 is 0. The van der Waals surface area contributed by atoms with Crippen molar-refractivity contribution in [2.24, 2.45) is 5.92 Å². The zero-order valence-corrected chi connectivity index (χ0v) is 6.13. The summed E-state index contributed by atoms with van der Waals surface area (Å²) in [5, 5.41) is 0. The van der Waals surface area contributed by atoms with Crippen molar-refractivity contribution in [3.63, 3.8) is 0 Å². The Balaban J connectivity index is 2.61. The molecule has 0 bridgehead atoms. The molecule has 3 heteroatoms. The fraction of sp³-hybridized carbons (Fsp3) is 0.857. The van der Waals surface area contributed by atoms with E-state index in [1.54, 1.807) is 6.92 Å². The van der Waals surface area contributed by atoms with Crippen LogP contribution in [0.2, 0.25) is 0 Å². The number of ether oxygens (including phenoxy) is 1. The quantitative estimate of drug-likeness (QED) is 0.521. The Morgan fingerprint density at radius 2 is 2.30 bits per heavy atom. The lowest BCUT2D eigenvalue weighted by Gasteiger charge is -2.09. The molecular weight excluding hydrogens is 135 g/mol. The molecule has 1 aliphatic rings. The highest BCUT2D eigenvalue weighted by atomic mass is 19.1. The lowest BCUT2D eigenvalue weighted by Crippen LogP contribution is -2.17. The van der Waals surface area contributed by atoms with Gasteiger partial charge in [0.15, 0.2) is 0 Å². The van der Waals surface area contributed by atoms with Crippen molar-refractivity contribution < 1.29 is 13.9 Å². The predicted molar refractivity (Wildman–Crippen MR) is 34.2 cm³/mol. The zero-order chi connectivity index (χ0) is 7.72. The fourth-order valence-electron chi connectivity index (χ4n) is 1.18. The van der Waals surface area contributed by atoms with Crippen molar-refractivity contribution in [1.29, 1.82) is 0 Å².